The number of aromatic nitrogens is 2. The molecule has 1 aromatic rings. The predicted octanol–water partition coefficient (Wildman–Crippen LogP) is 0.362. The molecule has 1 aliphatic heterocycles. The van der Waals surface area contributed by atoms with Crippen molar-refractivity contribution in [3.63, 3.8) is 0 Å². The van der Waals surface area contributed by atoms with Crippen molar-refractivity contribution in [1.82, 2.24) is 9.97 Å². The van der Waals surface area contributed by atoms with Gasteiger partial charge < -0.3 is 20.2 Å². The third-order valence-electron chi connectivity index (χ3n) is 2.71. The van der Waals surface area contributed by atoms with Crippen LogP contribution in [0, 0.1) is 0 Å². The third kappa shape index (κ3) is 2.75. The van der Waals surface area contributed by atoms with Gasteiger partial charge in [-0.3, -0.25) is 0 Å². The van der Waals surface area contributed by atoms with E-state index in [9.17, 15) is 0 Å². The van der Waals surface area contributed by atoms with Crippen molar-refractivity contribution in [2.24, 2.45) is 5.84 Å². The number of rotatable bonds is 4. The van der Waals surface area contributed by atoms with E-state index in [1.54, 1.807) is 7.11 Å². The monoisotopic (exact) mass is 239 g/mol. The Balaban J connectivity index is 2.13. The van der Waals surface area contributed by atoms with E-state index in [-0.39, 0.29) is 0 Å². The maximum Gasteiger partial charge on any atom is 0.205 e. The molecule has 0 radical (unpaired) electrons. The van der Waals surface area contributed by atoms with Gasteiger partial charge in [0.25, 0.3) is 0 Å². The molecule has 2 rings (SSSR count). The molecule has 1 saturated heterocycles. The molecule has 0 saturated carbocycles. The fraction of sp³-hybridized carbons (Fsp3) is 0.600. The maximum atomic E-state index is 5.36. The van der Waals surface area contributed by atoms with Gasteiger partial charge in [-0.15, -0.1) is 0 Å². The first-order chi connectivity index (χ1) is 8.35. The van der Waals surface area contributed by atoms with Crippen LogP contribution in [0.15, 0.2) is 6.33 Å². The molecule has 0 unspecified atom stereocenters. The topological polar surface area (TPSA) is 94.3 Å². The van der Waals surface area contributed by atoms with Crippen LogP contribution in [0.5, 0.6) is 5.75 Å². The van der Waals surface area contributed by atoms with Crippen LogP contribution in [-0.4, -0.2) is 36.3 Å². The van der Waals surface area contributed by atoms with Crippen molar-refractivity contribution in [3.05, 3.63) is 6.33 Å². The molecule has 0 spiro atoms. The number of nitrogen functional groups attached to an aromatic ring is 1. The molecular weight excluding hydrogens is 222 g/mol. The van der Waals surface area contributed by atoms with E-state index >= 15 is 0 Å². The van der Waals surface area contributed by atoms with E-state index in [0.717, 1.165) is 26.1 Å². The Morgan fingerprint density at radius 2 is 2.06 bits per heavy atom. The molecule has 7 heteroatoms. The molecule has 7 nitrogen and oxygen atoms in total. The van der Waals surface area contributed by atoms with Gasteiger partial charge in [-0.05, 0) is 12.8 Å². The normalized spacial score (nSPS) is 16.6. The van der Waals surface area contributed by atoms with Crippen molar-refractivity contribution in [1.29, 1.82) is 0 Å². The Kier molecular flexibility index (Phi) is 3.94. The van der Waals surface area contributed by atoms with Gasteiger partial charge in [0, 0.05) is 19.3 Å². The molecule has 0 amide bonds. The predicted molar refractivity (Wildman–Crippen MR) is 63.9 cm³/mol. The van der Waals surface area contributed by atoms with E-state index < -0.39 is 0 Å². The molecule has 17 heavy (non-hydrogen) atoms. The van der Waals surface area contributed by atoms with Crippen molar-refractivity contribution >= 4 is 11.6 Å². The lowest BCUT2D eigenvalue weighted by molar-refractivity contribution is 0.0903. The summed E-state index contributed by atoms with van der Waals surface area (Å²) in [7, 11) is 1.56. The second-order valence-corrected chi connectivity index (χ2v) is 3.78. The lowest BCUT2D eigenvalue weighted by atomic mass is 10.1. The van der Waals surface area contributed by atoms with E-state index in [1.807, 2.05) is 0 Å². The van der Waals surface area contributed by atoms with Crippen molar-refractivity contribution in [2.45, 2.75) is 18.9 Å². The van der Waals surface area contributed by atoms with Gasteiger partial charge in [0.15, 0.2) is 11.6 Å². The molecule has 1 aliphatic rings. The SMILES string of the molecule is COc1c(NN)ncnc1NC1CCOCC1. The molecule has 1 aromatic heterocycles. The smallest absolute Gasteiger partial charge is 0.205 e. The van der Waals surface area contributed by atoms with Crippen LogP contribution in [0.1, 0.15) is 12.8 Å². The zero-order valence-corrected chi connectivity index (χ0v) is 9.77. The number of hydrazine groups is 1. The number of ether oxygens (including phenoxy) is 2. The van der Waals surface area contributed by atoms with Crippen molar-refractivity contribution in [3.8, 4) is 5.75 Å². The van der Waals surface area contributed by atoms with Crippen LogP contribution >= 0.6 is 0 Å². The zero-order chi connectivity index (χ0) is 12.1. The van der Waals surface area contributed by atoms with Crippen molar-refractivity contribution < 1.29 is 9.47 Å². The summed E-state index contributed by atoms with van der Waals surface area (Å²) in [6.45, 7) is 1.54. The van der Waals surface area contributed by atoms with Crippen LogP contribution in [0.2, 0.25) is 0 Å². The molecule has 1 fully saturated rings. The van der Waals surface area contributed by atoms with Gasteiger partial charge in [-0.25, -0.2) is 15.8 Å². The van der Waals surface area contributed by atoms with Gasteiger partial charge in [-0.1, -0.05) is 0 Å². The Bertz CT molecular complexity index is 368. The van der Waals surface area contributed by atoms with Crippen LogP contribution < -0.4 is 21.3 Å². The van der Waals surface area contributed by atoms with Crippen LogP contribution in [0.4, 0.5) is 11.6 Å². The Morgan fingerprint density at radius 3 is 2.71 bits per heavy atom. The lowest BCUT2D eigenvalue weighted by Crippen LogP contribution is -2.28. The third-order valence-corrected chi connectivity index (χ3v) is 2.71. The first-order valence-electron chi connectivity index (χ1n) is 5.55. The highest BCUT2D eigenvalue weighted by Crippen LogP contribution is 2.29. The Labute approximate surface area is 99.7 Å². The van der Waals surface area contributed by atoms with Crippen molar-refractivity contribution in [2.75, 3.05) is 31.1 Å². The molecule has 4 N–H and O–H groups in total. The average molecular weight is 239 g/mol. The standard InChI is InChI=1S/C10H17N5O2/c1-16-8-9(12-6-13-10(8)15-11)14-7-2-4-17-5-3-7/h6-7H,2-5,11H2,1H3,(H2,12,13,14,15). The van der Waals surface area contributed by atoms with Gasteiger partial charge in [0.05, 0.1) is 7.11 Å². The first-order valence-corrected chi connectivity index (χ1v) is 5.55. The van der Waals surface area contributed by atoms with Crippen LogP contribution in [0.25, 0.3) is 0 Å². The number of hydrogen-bond donors (Lipinski definition) is 3. The summed E-state index contributed by atoms with van der Waals surface area (Å²) in [5.74, 6) is 7.01. The molecule has 0 atom stereocenters. The van der Waals surface area contributed by atoms with E-state index in [0.29, 0.717) is 23.4 Å². The second-order valence-electron chi connectivity index (χ2n) is 3.78. The van der Waals surface area contributed by atoms with Gasteiger partial charge in [0.1, 0.15) is 6.33 Å². The van der Waals surface area contributed by atoms with Gasteiger partial charge in [-0.2, -0.15) is 0 Å². The summed E-state index contributed by atoms with van der Waals surface area (Å²) in [4.78, 5) is 8.15. The number of nitrogens with two attached hydrogens (primary N) is 1. The summed E-state index contributed by atoms with van der Waals surface area (Å²) in [6.07, 6.45) is 3.36. The highest BCUT2D eigenvalue weighted by Gasteiger charge is 2.18. The van der Waals surface area contributed by atoms with Crippen LogP contribution in [0.3, 0.4) is 0 Å². The number of anilines is 2. The summed E-state index contributed by atoms with van der Waals surface area (Å²) in [6, 6.07) is 0.346. The van der Waals surface area contributed by atoms with E-state index in [2.05, 4.69) is 20.7 Å². The molecular formula is C10H17N5O2. The minimum absolute atomic E-state index is 0.346. The number of nitrogens with one attached hydrogen (secondary N) is 2. The summed E-state index contributed by atoms with van der Waals surface area (Å²) < 4.78 is 10.6. The highest BCUT2D eigenvalue weighted by atomic mass is 16.5. The lowest BCUT2D eigenvalue weighted by Gasteiger charge is -2.24. The molecule has 0 bridgehead atoms. The fourth-order valence-corrected chi connectivity index (χ4v) is 1.81. The number of hydrogen-bond acceptors (Lipinski definition) is 7. The quantitative estimate of drug-likeness (QED) is 0.516. The Hall–Kier alpha value is -1.60. The minimum atomic E-state index is 0.346. The summed E-state index contributed by atoms with van der Waals surface area (Å²) in [5, 5.41) is 3.32. The van der Waals surface area contributed by atoms with E-state index in [1.165, 1.54) is 6.33 Å². The maximum absolute atomic E-state index is 5.36. The highest BCUT2D eigenvalue weighted by molar-refractivity contribution is 5.63. The number of methoxy groups -OCH3 is 1. The molecule has 2 heterocycles. The zero-order valence-electron chi connectivity index (χ0n) is 9.77. The van der Waals surface area contributed by atoms with Gasteiger partial charge >= 0.3 is 0 Å². The van der Waals surface area contributed by atoms with Gasteiger partial charge in [0.2, 0.25) is 5.75 Å². The molecule has 94 valence electrons. The van der Waals surface area contributed by atoms with E-state index in [4.69, 9.17) is 15.3 Å². The second kappa shape index (κ2) is 5.65. The molecule has 0 aromatic carbocycles. The average Bonchev–Trinajstić information content (AvgIpc) is 2.39. The first kappa shape index (κ1) is 11.9. The van der Waals surface area contributed by atoms with Crippen LogP contribution in [-0.2, 0) is 4.74 Å². The summed E-state index contributed by atoms with van der Waals surface area (Å²) >= 11 is 0. The number of nitrogens with zero attached hydrogens (tertiary/aromatic N) is 2. The Morgan fingerprint density at radius 1 is 1.35 bits per heavy atom. The molecule has 0 aliphatic carbocycles. The largest absolute Gasteiger partial charge is 0.490 e. The minimum Gasteiger partial charge on any atom is -0.490 e. The summed E-state index contributed by atoms with van der Waals surface area (Å²) in [5.41, 5.74) is 2.48. The fourth-order valence-electron chi connectivity index (χ4n) is 1.81.